The van der Waals surface area contributed by atoms with Crippen molar-refractivity contribution in [3.8, 4) is 5.75 Å². The van der Waals surface area contributed by atoms with Crippen molar-refractivity contribution < 1.29 is 17.9 Å². The molecule has 0 aliphatic rings. The van der Waals surface area contributed by atoms with Crippen molar-refractivity contribution in [2.75, 3.05) is 16.6 Å². The Morgan fingerprint density at radius 3 is 2.40 bits per heavy atom. The van der Waals surface area contributed by atoms with E-state index in [-0.39, 0.29) is 10.6 Å². The molecule has 0 radical (unpaired) electrons. The molecule has 3 rings (SSSR count). The van der Waals surface area contributed by atoms with Gasteiger partial charge < -0.3 is 10.1 Å². The average molecular weight is 510 g/mol. The molecule has 0 spiro atoms. The molecule has 3 aromatic rings. The largest absolute Gasteiger partial charge is 0.492 e. The van der Waals surface area contributed by atoms with E-state index in [2.05, 4.69) is 26.0 Å². The van der Waals surface area contributed by atoms with E-state index in [9.17, 15) is 13.2 Å². The molecule has 1 amide bonds. The van der Waals surface area contributed by atoms with Crippen molar-refractivity contribution in [1.82, 2.24) is 0 Å². The van der Waals surface area contributed by atoms with Gasteiger partial charge in [-0.25, -0.2) is 8.42 Å². The van der Waals surface area contributed by atoms with E-state index < -0.39 is 15.9 Å². The van der Waals surface area contributed by atoms with Gasteiger partial charge in [-0.05, 0) is 77.5 Å². The Morgan fingerprint density at radius 1 is 1.03 bits per heavy atom. The summed E-state index contributed by atoms with van der Waals surface area (Å²) >= 11 is 9.18. The Hall–Kier alpha value is -2.55. The highest BCUT2D eigenvalue weighted by atomic mass is 79.9. The maximum atomic E-state index is 12.9. The topological polar surface area (TPSA) is 84.5 Å². The highest BCUT2D eigenvalue weighted by molar-refractivity contribution is 9.10. The van der Waals surface area contributed by atoms with Crippen molar-refractivity contribution in [2.24, 2.45) is 0 Å². The third-order valence-electron chi connectivity index (χ3n) is 4.03. The number of hydrogen-bond donors (Lipinski definition) is 2. The first-order valence-electron chi connectivity index (χ1n) is 8.91. The van der Waals surface area contributed by atoms with Crippen molar-refractivity contribution in [1.29, 1.82) is 0 Å². The molecule has 0 saturated carbocycles. The summed E-state index contributed by atoms with van der Waals surface area (Å²) in [5.41, 5.74) is 1.02. The van der Waals surface area contributed by atoms with Gasteiger partial charge in [0, 0.05) is 15.1 Å². The fourth-order valence-electron chi connectivity index (χ4n) is 2.60. The van der Waals surface area contributed by atoms with Crippen LogP contribution in [0.15, 0.2) is 76.1 Å². The molecule has 0 aromatic heterocycles. The summed E-state index contributed by atoms with van der Waals surface area (Å²) in [6, 6.07) is 17.5. The zero-order valence-electron chi connectivity index (χ0n) is 15.9. The molecular weight excluding hydrogens is 492 g/mol. The van der Waals surface area contributed by atoms with Crippen LogP contribution in [0.1, 0.15) is 17.3 Å². The summed E-state index contributed by atoms with van der Waals surface area (Å²) in [6.45, 7) is 2.15. The van der Waals surface area contributed by atoms with Crippen LogP contribution in [0.4, 0.5) is 11.4 Å². The zero-order valence-corrected chi connectivity index (χ0v) is 19.0. The highest BCUT2D eigenvalue weighted by Gasteiger charge is 2.19. The van der Waals surface area contributed by atoms with Crippen LogP contribution in [0.3, 0.4) is 0 Å². The van der Waals surface area contributed by atoms with Gasteiger partial charge >= 0.3 is 0 Å². The first-order chi connectivity index (χ1) is 14.3. The Bertz CT molecular complexity index is 1170. The predicted octanol–water partition coefficient (Wildman–Crippen LogP) is 5.55. The second-order valence-corrected chi connectivity index (χ2v) is 9.11. The summed E-state index contributed by atoms with van der Waals surface area (Å²) in [7, 11) is -3.90. The number of carbonyl (C=O) groups excluding carboxylic acids is 1. The van der Waals surface area contributed by atoms with Crippen molar-refractivity contribution in [3.05, 3.63) is 81.8 Å². The minimum Gasteiger partial charge on any atom is -0.492 e. The van der Waals surface area contributed by atoms with Crippen LogP contribution in [0.2, 0.25) is 5.02 Å². The van der Waals surface area contributed by atoms with Gasteiger partial charge in [0.1, 0.15) is 5.75 Å². The first-order valence-corrected chi connectivity index (χ1v) is 11.6. The van der Waals surface area contributed by atoms with Crippen molar-refractivity contribution in [3.63, 3.8) is 0 Å². The van der Waals surface area contributed by atoms with Crippen LogP contribution in [-0.2, 0) is 10.0 Å². The third kappa shape index (κ3) is 5.33. The number of ether oxygens (including phenoxy) is 1. The van der Waals surface area contributed by atoms with Crippen LogP contribution >= 0.6 is 27.5 Å². The van der Waals surface area contributed by atoms with Gasteiger partial charge in [0.25, 0.3) is 15.9 Å². The van der Waals surface area contributed by atoms with E-state index >= 15 is 0 Å². The standard InChI is InChI=1S/C21H18BrClN2O4S/c1-2-29-20-12-11-16(30(27,28)25-18-6-4-3-5-17(18)22)13-19(20)24-21(26)14-7-9-15(23)10-8-14/h3-13,25H,2H2,1H3,(H,24,26). The number of para-hydroxylation sites is 1. The molecule has 0 heterocycles. The fraction of sp³-hybridized carbons (Fsp3) is 0.0952. The van der Waals surface area contributed by atoms with Crippen LogP contribution in [0.25, 0.3) is 0 Å². The lowest BCUT2D eigenvalue weighted by molar-refractivity contribution is 0.102. The van der Waals surface area contributed by atoms with E-state index in [4.69, 9.17) is 16.3 Å². The highest BCUT2D eigenvalue weighted by Crippen LogP contribution is 2.30. The maximum absolute atomic E-state index is 12.9. The number of benzene rings is 3. The molecule has 9 heteroatoms. The van der Waals surface area contributed by atoms with Crippen LogP contribution in [0.5, 0.6) is 5.75 Å². The molecule has 0 aliphatic heterocycles. The van der Waals surface area contributed by atoms with Gasteiger partial charge in [-0.1, -0.05) is 23.7 Å². The lowest BCUT2D eigenvalue weighted by Gasteiger charge is -2.15. The molecule has 6 nitrogen and oxygen atoms in total. The molecule has 0 unspecified atom stereocenters. The quantitative estimate of drug-likeness (QED) is 0.437. The molecule has 156 valence electrons. The van der Waals surface area contributed by atoms with Crippen LogP contribution in [0, 0.1) is 0 Å². The zero-order chi connectivity index (χ0) is 21.7. The first kappa shape index (κ1) is 22.1. The third-order valence-corrected chi connectivity index (χ3v) is 6.34. The lowest BCUT2D eigenvalue weighted by atomic mass is 10.2. The number of carbonyl (C=O) groups is 1. The Morgan fingerprint density at radius 2 is 1.73 bits per heavy atom. The normalized spacial score (nSPS) is 11.0. The number of halogens is 2. The summed E-state index contributed by atoms with van der Waals surface area (Å²) < 4.78 is 34.4. The monoisotopic (exact) mass is 508 g/mol. The molecule has 0 fully saturated rings. The maximum Gasteiger partial charge on any atom is 0.262 e. The molecule has 3 aromatic carbocycles. The van der Waals surface area contributed by atoms with Gasteiger partial charge in [-0.2, -0.15) is 0 Å². The van der Waals surface area contributed by atoms with Gasteiger partial charge in [0.05, 0.1) is 22.9 Å². The Labute approximate surface area is 188 Å². The van der Waals surface area contributed by atoms with Gasteiger partial charge in [0.15, 0.2) is 0 Å². The number of sulfonamides is 1. The fourth-order valence-corrected chi connectivity index (χ4v) is 4.35. The SMILES string of the molecule is CCOc1ccc(S(=O)(=O)Nc2ccccc2Br)cc1NC(=O)c1ccc(Cl)cc1. The summed E-state index contributed by atoms with van der Waals surface area (Å²) in [5.74, 6) is -0.0550. The van der Waals surface area contributed by atoms with Crippen molar-refractivity contribution >= 4 is 54.8 Å². The number of anilines is 2. The summed E-state index contributed by atoms with van der Waals surface area (Å²) in [4.78, 5) is 12.6. The number of rotatable bonds is 7. The van der Waals surface area contributed by atoms with Gasteiger partial charge in [-0.15, -0.1) is 0 Å². The Kier molecular flexibility index (Phi) is 7.02. The smallest absolute Gasteiger partial charge is 0.262 e. The van der Waals surface area contributed by atoms with E-state index in [1.54, 1.807) is 55.5 Å². The Balaban J connectivity index is 1.92. The predicted molar refractivity (Wildman–Crippen MR) is 122 cm³/mol. The minimum absolute atomic E-state index is 0.0203. The lowest BCUT2D eigenvalue weighted by Crippen LogP contribution is -2.16. The number of hydrogen-bond acceptors (Lipinski definition) is 4. The van der Waals surface area contributed by atoms with Crippen LogP contribution < -0.4 is 14.8 Å². The van der Waals surface area contributed by atoms with Gasteiger partial charge in [-0.3, -0.25) is 9.52 Å². The van der Waals surface area contributed by atoms with Crippen molar-refractivity contribution in [2.45, 2.75) is 11.8 Å². The summed E-state index contributed by atoms with van der Waals surface area (Å²) in [6.07, 6.45) is 0. The molecular formula is C21H18BrClN2O4S. The van der Waals surface area contributed by atoms with E-state index in [0.29, 0.717) is 33.1 Å². The molecule has 0 atom stereocenters. The molecule has 30 heavy (non-hydrogen) atoms. The molecule has 0 aliphatic carbocycles. The molecule has 0 bridgehead atoms. The van der Waals surface area contributed by atoms with E-state index in [0.717, 1.165) is 0 Å². The second kappa shape index (κ2) is 9.51. The van der Waals surface area contributed by atoms with E-state index in [1.807, 2.05) is 0 Å². The number of amides is 1. The minimum atomic E-state index is -3.90. The van der Waals surface area contributed by atoms with Gasteiger partial charge in [0.2, 0.25) is 0 Å². The summed E-state index contributed by atoms with van der Waals surface area (Å²) in [5, 5.41) is 3.22. The molecule has 2 N–H and O–H groups in total. The molecule has 0 saturated heterocycles. The average Bonchev–Trinajstić information content (AvgIpc) is 2.71. The number of nitrogens with one attached hydrogen (secondary N) is 2. The second-order valence-electron chi connectivity index (χ2n) is 6.14. The van der Waals surface area contributed by atoms with Crippen LogP contribution in [-0.4, -0.2) is 20.9 Å². The van der Waals surface area contributed by atoms with E-state index in [1.165, 1.54) is 18.2 Å².